The van der Waals surface area contributed by atoms with Gasteiger partial charge in [-0.25, -0.2) is 0 Å². The molecule has 2 aliphatic rings. The normalized spacial score (nSPS) is 20.1. The van der Waals surface area contributed by atoms with Gasteiger partial charge < -0.3 is 29.4 Å². The lowest BCUT2D eigenvalue weighted by Crippen LogP contribution is -2.42. The van der Waals surface area contributed by atoms with Crippen molar-refractivity contribution in [3.63, 3.8) is 0 Å². The van der Waals surface area contributed by atoms with Crippen molar-refractivity contribution in [3.8, 4) is 11.5 Å². The van der Waals surface area contributed by atoms with E-state index < -0.39 is 6.10 Å². The number of hydrogen-bond acceptors (Lipinski definition) is 7. The predicted octanol–water partition coefficient (Wildman–Crippen LogP) is 1.28. The predicted molar refractivity (Wildman–Crippen MR) is 107 cm³/mol. The molecule has 2 fully saturated rings. The van der Waals surface area contributed by atoms with E-state index in [1.807, 2.05) is 18.2 Å². The van der Waals surface area contributed by atoms with E-state index in [4.69, 9.17) is 18.9 Å². The molecule has 28 heavy (non-hydrogen) atoms. The zero-order valence-corrected chi connectivity index (χ0v) is 16.9. The van der Waals surface area contributed by atoms with Gasteiger partial charge in [0.05, 0.1) is 20.3 Å². The van der Waals surface area contributed by atoms with E-state index in [0.717, 1.165) is 71.0 Å². The van der Waals surface area contributed by atoms with E-state index in [1.54, 1.807) is 7.11 Å². The Morgan fingerprint density at radius 3 is 2.64 bits per heavy atom. The molecule has 0 saturated carbocycles. The summed E-state index contributed by atoms with van der Waals surface area (Å²) in [5.74, 6) is 2.06. The standard InChI is InChI=1S/C21H34N2O5/c1-25-21-12-18(14-22-13-17-4-8-26-9-5-17)2-3-20(21)28-16-19(24)15-23-6-10-27-11-7-23/h2-3,12,17,19,22,24H,4-11,13-16H2,1H3. The topological polar surface area (TPSA) is 72.4 Å². The van der Waals surface area contributed by atoms with Crippen LogP contribution in [0.5, 0.6) is 11.5 Å². The van der Waals surface area contributed by atoms with Crippen LogP contribution in [-0.2, 0) is 16.0 Å². The molecule has 1 unspecified atom stereocenters. The third kappa shape index (κ3) is 6.90. The maximum atomic E-state index is 10.3. The van der Waals surface area contributed by atoms with Gasteiger partial charge in [-0.2, -0.15) is 0 Å². The molecule has 2 N–H and O–H groups in total. The number of nitrogens with zero attached hydrogens (tertiary/aromatic N) is 1. The lowest BCUT2D eigenvalue weighted by molar-refractivity contribution is 0.00445. The quantitative estimate of drug-likeness (QED) is 0.619. The number of hydrogen-bond donors (Lipinski definition) is 2. The summed E-state index contributed by atoms with van der Waals surface area (Å²) in [5.41, 5.74) is 1.16. The Morgan fingerprint density at radius 1 is 1.14 bits per heavy atom. The molecule has 1 aromatic carbocycles. The Morgan fingerprint density at radius 2 is 1.89 bits per heavy atom. The van der Waals surface area contributed by atoms with Gasteiger partial charge in [-0.3, -0.25) is 4.90 Å². The highest BCUT2D eigenvalue weighted by Crippen LogP contribution is 2.28. The maximum absolute atomic E-state index is 10.3. The molecule has 2 heterocycles. The van der Waals surface area contributed by atoms with Crippen molar-refractivity contribution in [3.05, 3.63) is 23.8 Å². The van der Waals surface area contributed by atoms with E-state index in [9.17, 15) is 5.11 Å². The fraction of sp³-hybridized carbons (Fsp3) is 0.714. The van der Waals surface area contributed by atoms with Gasteiger partial charge in [-0.15, -0.1) is 0 Å². The molecule has 3 rings (SSSR count). The molecule has 2 saturated heterocycles. The van der Waals surface area contributed by atoms with Crippen LogP contribution < -0.4 is 14.8 Å². The van der Waals surface area contributed by atoms with E-state index in [2.05, 4.69) is 10.2 Å². The Hall–Kier alpha value is -1.38. The number of ether oxygens (including phenoxy) is 4. The van der Waals surface area contributed by atoms with Gasteiger partial charge in [0.15, 0.2) is 11.5 Å². The monoisotopic (exact) mass is 394 g/mol. The third-order valence-corrected chi connectivity index (χ3v) is 5.33. The molecule has 7 heteroatoms. The highest BCUT2D eigenvalue weighted by atomic mass is 16.5. The number of morpholine rings is 1. The molecular weight excluding hydrogens is 360 g/mol. The molecule has 0 spiro atoms. The molecule has 0 amide bonds. The Labute approximate surface area is 167 Å². The van der Waals surface area contributed by atoms with E-state index >= 15 is 0 Å². The van der Waals surface area contributed by atoms with Gasteiger partial charge in [0.25, 0.3) is 0 Å². The van der Waals surface area contributed by atoms with Crippen molar-refractivity contribution in [2.45, 2.75) is 25.5 Å². The highest BCUT2D eigenvalue weighted by Gasteiger charge is 2.16. The minimum Gasteiger partial charge on any atom is -0.493 e. The third-order valence-electron chi connectivity index (χ3n) is 5.33. The van der Waals surface area contributed by atoms with Crippen molar-refractivity contribution >= 4 is 0 Å². The molecule has 1 aromatic rings. The number of methoxy groups -OCH3 is 1. The average molecular weight is 395 g/mol. The van der Waals surface area contributed by atoms with Gasteiger partial charge >= 0.3 is 0 Å². The first-order valence-electron chi connectivity index (χ1n) is 10.3. The number of aliphatic hydroxyl groups excluding tert-OH is 1. The van der Waals surface area contributed by atoms with Crippen LogP contribution in [0.1, 0.15) is 18.4 Å². The average Bonchev–Trinajstić information content (AvgIpc) is 2.74. The van der Waals surface area contributed by atoms with E-state index in [-0.39, 0.29) is 6.61 Å². The summed E-state index contributed by atoms with van der Waals surface area (Å²) in [4.78, 5) is 2.20. The highest BCUT2D eigenvalue weighted by molar-refractivity contribution is 5.43. The van der Waals surface area contributed by atoms with Crippen molar-refractivity contribution < 1.29 is 24.1 Å². The Balaban J connectivity index is 1.42. The molecule has 2 aliphatic heterocycles. The summed E-state index contributed by atoms with van der Waals surface area (Å²) >= 11 is 0. The molecule has 0 aromatic heterocycles. The van der Waals surface area contributed by atoms with Crippen molar-refractivity contribution in [2.75, 3.05) is 66.3 Å². The number of β-amino-alcohol motifs (C(OH)–C–C–N with tert-alkyl or cyclic N) is 1. The first-order valence-corrected chi connectivity index (χ1v) is 10.3. The van der Waals surface area contributed by atoms with Gasteiger partial charge in [0, 0.05) is 39.4 Å². The summed E-state index contributed by atoms with van der Waals surface area (Å²) in [7, 11) is 1.64. The van der Waals surface area contributed by atoms with Gasteiger partial charge in [-0.05, 0) is 43.0 Å². The molecule has 0 radical (unpaired) electrons. The summed E-state index contributed by atoms with van der Waals surface area (Å²) in [6.45, 7) is 7.58. The Kier molecular flexibility index (Phi) is 8.82. The minimum atomic E-state index is -0.538. The van der Waals surface area contributed by atoms with Crippen LogP contribution in [0.25, 0.3) is 0 Å². The summed E-state index contributed by atoms with van der Waals surface area (Å²) in [6.07, 6.45) is 1.73. The van der Waals surface area contributed by atoms with E-state index in [0.29, 0.717) is 24.0 Å². The van der Waals surface area contributed by atoms with Crippen LogP contribution in [0.4, 0.5) is 0 Å². The number of rotatable bonds is 10. The van der Waals surface area contributed by atoms with Gasteiger partial charge in [0.2, 0.25) is 0 Å². The van der Waals surface area contributed by atoms with Crippen molar-refractivity contribution in [1.29, 1.82) is 0 Å². The largest absolute Gasteiger partial charge is 0.493 e. The summed E-state index contributed by atoms with van der Waals surface area (Å²) in [5, 5.41) is 13.8. The molecular formula is C21H34N2O5. The Bertz CT molecular complexity index is 574. The molecule has 7 nitrogen and oxygen atoms in total. The van der Waals surface area contributed by atoms with Crippen LogP contribution in [0.3, 0.4) is 0 Å². The van der Waals surface area contributed by atoms with Gasteiger partial charge in [-0.1, -0.05) is 6.07 Å². The van der Waals surface area contributed by atoms with E-state index in [1.165, 1.54) is 0 Å². The zero-order valence-electron chi connectivity index (χ0n) is 16.9. The van der Waals surface area contributed by atoms with Gasteiger partial charge in [0.1, 0.15) is 12.7 Å². The smallest absolute Gasteiger partial charge is 0.161 e. The van der Waals surface area contributed by atoms with Crippen LogP contribution in [0.2, 0.25) is 0 Å². The maximum Gasteiger partial charge on any atom is 0.161 e. The number of benzene rings is 1. The number of aliphatic hydroxyl groups is 1. The lowest BCUT2D eigenvalue weighted by atomic mass is 10.0. The summed E-state index contributed by atoms with van der Waals surface area (Å²) in [6, 6.07) is 5.97. The second-order valence-corrected chi connectivity index (χ2v) is 7.55. The van der Waals surface area contributed by atoms with Crippen molar-refractivity contribution in [1.82, 2.24) is 10.2 Å². The fourth-order valence-electron chi connectivity index (χ4n) is 3.63. The zero-order chi connectivity index (χ0) is 19.6. The van der Waals surface area contributed by atoms with Crippen LogP contribution >= 0.6 is 0 Å². The SMILES string of the molecule is COc1cc(CNCC2CCOCC2)ccc1OCC(O)CN1CCOCC1. The van der Waals surface area contributed by atoms with Crippen LogP contribution in [0.15, 0.2) is 18.2 Å². The fourth-order valence-corrected chi connectivity index (χ4v) is 3.63. The summed E-state index contributed by atoms with van der Waals surface area (Å²) < 4.78 is 22.0. The second-order valence-electron chi connectivity index (χ2n) is 7.55. The minimum absolute atomic E-state index is 0.245. The molecule has 0 bridgehead atoms. The molecule has 0 aliphatic carbocycles. The van der Waals surface area contributed by atoms with Crippen LogP contribution in [-0.4, -0.2) is 82.4 Å². The number of nitrogens with one attached hydrogen (secondary N) is 1. The first kappa shape index (κ1) is 21.3. The van der Waals surface area contributed by atoms with Crippen LogP contribution in [0, 0.1) is 5.92 Å². The second kappa shape index (κ2) is 11.6. The molecule has 158 valence electrons. The first-order chi connectivity index (χ1) is 13.7. The molecule has 1 atom stereocenters. The van der Waals surface area contributed by atoms with Crippen molar-refractivity contribution in [2.24, 2.45) is 5.92 Å². The lowest BCUT2D eigenvalue weighted by Gasteiger charge is -2.28.